The van der Waals surface area contributed by atoms with E-state index in [4.69, 9.17) is 4.98 Å². The number of hydrogen-bond acceptors (Lipinski definition) is 4. The first-order valence-electron chi connectivity index (χ1n) is 9.44. The fourth-order valence-electron chi connectivity index (χ4n) is 3.80. The van der Waals surface area contributed by atoms with Gasteiger partial charge in [-0.3, -0.25) is 14.5 Å². The molecule has 0 saturated carbocycles. The zero-order chi connectivity index (χ0) is 17.8. The Morgan fingerprint density at radius 2 is 2.12 bits per heavy atom. The molecule has 0 spiro atoms. The van der Waals surface area contributed by atoms with E-state index in [9.17, 15) is 0 Å². The molecule has 1 aliphatic heterocycles. The topological polar surface area (TPSA) is 46.8 Å². The molecule has 134 valence electrons. The van der Waals surface area contributed by atoms with Gasteiger partial charge in [-0.05, 0) is 43.1 Å². The molecule has 0 unspecified atom stereocenters. The summed E-state index contributed by atoms with van der Waals surface area (Å²) in [5.74, 6) is 2.51. The Morgan fingerprint density at radius 3 is 2.96 bits per heavy atom. The Bertz CT molecular complexity index is 842. The van der Waals surface area contributed by atoms with E-state index in [1.54, 1.807) is 0 Å². The zero-order valence-corrected chi connectivity index (χ0v) is 15.3. The highest BCUT2D eigenvalue weighted by Gasteiger charge is 2.23. The van der Waals surface area contributed by atoms with Crippen LogP contribution in [-0.2, 0) is 13.0 Å². The van der Waals surface area contributed by atoms with E-state index >= 15 is 0 Å². The first-order valence-corrected chi connectivity index (χ1v) is 9.44. The van der Waals surface area contributed by atoms with Crippen LogP contribution in [-0.4, -0.2) is 37.5 Å². The van der Waals surface area contributed by atoms with E-state index in [0.29, 0.717) is 5.92 Å². The maximum atomic E-state index is 4.97. The minimum absolute atomic E-state index is 0.481. The zero-order valence-electron chi connectivity index (χ0n) is 15.3. The smallest absolute Gasteiger partial charge is 0.138 e. The molecule has 5 nitrogen and oxygen atoms in total. The lowest BCUT2D eigenvalue weighted by Crippen LogP contribution is -2.34. The molecule has 3 aromatic heterocycles. The van der Waals surface area contributed by atoms with Crippen molar-refractivity contribution in [2.75, 3.05) is 13.1 Å². The third kappa shape index (κ3) is 3.68. The van der Waals surface area contributed by atoms with Crippen LogP contribution in [0.15, 0.2) is 55.1 Å². The lowest BCUT2D eigenvalue weighted by Gasteiger charge is -2.32. The van der Waals surface area contributed by atoms with Crippen LogP contribution in [0.5, 0.6) is 0 Å². The van der Waals surface area contributed by atoms with Crippen molar-refractivity contribution in [1.82, 2.24) is 24.4 Å². The lowest BCUT2D eigenvalue weighted by atomic mass is 9.94. The first-order chi connectivity index (χ1) is 12.8. The minimum atomic E-state index is 0.481. The van der Waals surface area contributed by atoms with Crippen molar-refractivity contribution in [2.24, 2.45) is 0 Å². The summed E-state index contributed by atoms with van der Waals surface area (Å²) < 4.78 is 2.10. The van der Waals surface area contributed by atoms with Gasteiger partial charge in [-0.15, -0.1) is 0 Å². The van der Waals surface area contributed by atoms with Crippen LogP contribution in [0.25, 0.3) is 5.82 Å². The van der Waals surface area contributed by atoms with Crippen LogP contribution in [0.3, 0.4) is 0 Å². The van der Waals surface area contributed by atoms with Crippen LogP contribution in [0, 0.1) is 0 Å². The number of aromatic nitrogens is 4. The van der Waals surface area contributed by atoms with Gasteiger partial charge in [0.1, 0.15) is 11.6 Å². The molecule has 1 fully saturated rings. The summed E-state index contributed by atoms with van der Waals surface area (Å²) in [5.41, 5.74) is 2.47. The molecule has 0 aliphatic carbocycles. The van der Waals surface area contributed by atoms with Crippen LogP contribution in [0.2, 0.25) is 0 Å². The summed E-state index contributed by atoms with van der Waals surface area (Å²) >= 11 is 0. The maximum absolute atomic E-state index is 4.97. The normalized spacial score (nSPS) is 18.1. The van der Waals surface area contributed by atoms with Gasteiger partial charge < -0.3 is 0 Å². The SMILES string of the molecule is CCc1nccn1-c1cccc([C@H]2CCCN(Cc3cccnc3)C2)n1. The third-order valence-corrected chi connectivity index (χ3v) is 5.09. The largest absolute Gasteiger partial charge is 0.298 e. The highest BCUT2D eigenvalue weighted by molar-refractivity contribution is 5.28. The fraction of sp³-hybridized carbons (Fsp3) is 0.381. The molecule has 4 heterocycles. The molecule has 0 amide bonds. The van der Waals surface area contributed by atoms with Crippen molar-refractivity contribution in [1.29, 1.82) is 0 Å². The summed E-state index contributed by atoms with van der Waals surface area (Å²) in [4.78, 5) is 16.2. The third-order valence-electron chi connectivity index (χ3n) is 5.09. The summed E-state index contributed by atoms with van der Waals surface area (Å²) in [6.45, 7) is 5.29. The van der Waals surface area contributed by atoms with Crippen molar-refractivity contribution in [3.8, 4) is 5.82 Å². The van der Waals surface area contributed by atoms with Gasteiger partial charge in [0.2, 0.25) is 0 Å². The molecule has 4 rings (SSSR count). The first kappa shape index (κ1) is 16.9. The molecule has 1 aliphatic rings. The predicted octanol–water partition coefficient (Wildman–Crippen LogP) is 3.60. The quantitative estimate of drug-likeness (QED) is 0.707. The highest BCUT2D eigenvalue weighted by Crippen LogP contribution is 2.27. The number of likely N-dealkylation sites (tertiary alicyclic amines) is 1. The number of pyridine rings is 2. The molecule has 0 bridgehead atoms. The Morgan fingerprint density at radius 1 is 1.15 bits per heavy atom. The molecular weight excluding hydrogens is 322 g/mol. The van der Waals surface area contributed by atoms with E-state index in [2.05, 4.69) is 50.6 Å². The molecule has 1 atom stereocenters. The van der Waals surface area contributed by atoms with Crippen molar-refractivity contribution >= 4 is 0 Å². The van der Waals surface area contributed by atoms with Crippen LogP contribution in [0.1, 0.15) is 42.8 Å². The van der Waals surface area contributed by atoms with E-state index in [-0.39, 0.29) is 0 Å². The van der Waals surface area contributed by atoms with Gasteiger partial charge >= 0.3 is 0 Å². The number of imidazole rings is 1. The molecular formula is C21H25N5. The number of aryl methyl sites for hydroxylation is 1. The van der Waals surface area contributed by atoms with Gasteiger partial charge in [-0.1, -0.05) is 19.1 Å². The summed E-state index contributed by atoms with van der Waals surface area (Å²) in [6, 6.07) is 10.5. The van der Waals surface area contributed by atoms with Crippen molar-refractivity contribution < 1.29 is 0 Å². The van der Waals surface area contributed by atoms with E-state index in [1.807, 2.05) is 30.9 Å². The predicted molar refractivity (Wildman–Crippen MR) is 102 cm³/mol. The average molecular weight is 347 g/mol. The Hall–Kier alpha value is -2.53. The fourth-order valence-corrected chi connectivity index (χ4v) is 3.80. The van der Waals surface area contributed by atoms with Crippen molar-refractivity contribution in [3.63, 3.8) is 0 Å². The van der Waals surface area contributed by atoms with Crippen molar-refractivity contribution in [3.05, 3.63) is 72.2 Å². The second kappa shape index (κ2) is 7.79. The molecule has 3 aromatic rings. The van der Waals surface area contributed by atoms with Gasteiger partial charge in [-0.25, -0.2) is 9.97 Å². The summed E-state index contributed by atoms with van der Waals surface area (Å²) in [7, 11) is 0. The van der Waals surface area contributed by atoms with Gasteiger partial charge in [-0.2, -0.15) is 0 Å². The Labute approximate surface area is 154 Å². The number of nitrogens with zero attached hydrogens (tertiary/aromatic N) is 5. The van der Waals surface area contributed by atoms with E-state index in [0.717, 1.165) is 37.7 Å². The van der Waals surface area contributed by atoms with Gasteiger partial charge in [0.05, 0.1) is 0 Å². The average Bonchev–Trinajstić information content (AvgIpc) is 3.18. The van der Waals surface area contributed by atoms with Crippen LogP contribution >= 0.6 is 0 Å². The van der Waals surface area contributed by atoms with Crippen LogP contribution < -0.4 is 0 Å². The minimum Gasteiger partial charge on any atom is -0.298 e. The molecule has 0 aromatic carbocycles. The van der Waals surface area contributed by atoms with E-state index < -0.39 is 0 Å². The number of piperidine rings is 1. The standard InChI is InChI=1S/C21H25N5/c1-2-20-23-11-13-26(20)21-9-3-8-19(24-21)18-7-5-12-25(16-18)15-17-6-4-10-22-14-17/h3-4,6,8-11,13-14,18H,2,5,7,12,15-16H2,1H3/t18-/m0/s1. The molecule has 1 saturated heterocycles. The summed E-state index contributed by atoms with van der Waals surface area (Å²) in [5, 5.41) is 0. The Kier molecular flexibility index (Phi) is 5.07. The molecule has 26 heavy (non-hydrogen) atoms. The van der Waals surface area contributed by atoms with Gasteiger partial charge in [0.15, 0.2) is 0 Å². The van der Waals surface area contributed by atoms with Crippen molar-refractivity contribution in [2.45, 2.75) is 38.6 Å². The van der Waals surface area contributed by atoms with Gasteiger partial charge in [0, 0.05) is 55.9 Å². The molecule has 5 heteroatoms. The monoisotopic (exact) mass is 347 g/mol. The second-order valence-electron chi connectivity index (χ2n) is 6.92. The lowest BCUT2D eigenvalue weighted by molar-refractivity contribution is 0.198. The van der Waals surface area contributed by atoms with Gasteiger partial charge in [0.25, 0.3) is 0 Å². The molecule has 0 radical (unpaired) electrons. The maximum Gasteiger partial charge on any atom is 0.138 e. The molecule has 0 N–H and O–H groups in total. The Balaban J connectivity index is 1.51. The summed E-state index contributed by atoms with van der Waals surface area (Å²) in [6.07, 6.45) is 11.0. The second-order valence-corrected chi connectivity index (χ2v) is 6.92. The number of hydrogen-bond donors (Lipinski definition) is 0. The number of rotatable bonds is 5. The van der Waals surface area contributed by atoms with Crippen LogP contribution in [0.4, 0.5) is 0 Å². The highest BCUT2D eigenvalue weighted by atomic mass is 15.1. The van der Waals surface area contributed by atoms with E-state index in [1.165, 1.54) is 24.1 Å².